The number of benzene rings is 1. The number of rotatable bonds is 6. The molecule has 30 heavy (non-hydrogen) atoms. The molecule has 2 aromatic rings. The Morgan fingerprint density at radius 3 is 2.83 bits per heavy atom. The van der Waals surface area contributed by atoms with Crippen molar-refractivity contribution in [2.75, 3.05) is 31.6 Å². The van der Waals surface area contributed by atoms with Crippen molar-refractivity contribution < 1.29 is 9.53 Å². The first-order valence-corrected chi connectivity index (χ1v) is 11.2. The average molecular weight is 409 g/mol. The molecule has 6 nitrogen and oxygen atoms in total. The van der Waals surface area contributed by atoms with E-state index in [0.29, 0.717) is 6.42 Å². The van der Waals surface area contributed by atoms with Crippen molar-refractivity contribution in [3.63, 3.8) is 0 Å². The number of hydrogen-bond donors (Lipinski definition) is 0. The zero-order valence-electron chi connectivity index (χ0n) is 18.4. The average Bonchev–Trinajstić information content (AvgIpc) is 3.27. The Balaban J connectivity index is 1.60. The molecule has 3 heterocycles. The summed E-state index contributed by atoms with van der Waals surface area (Å²) in [6, 6.07) is 8.23. The molecule has 0 spiro atoms. The number of ether oxygens (including phenoxy) is 1. The third-order valence-corrected chi connectivity index (χ3v) is 6.38. The fourth-order valence-corrected chi connectivity index (χ4v) is 4.78. The van der Waals surface area contributed by atoms with Gasteiger partial charge in [-0.2, -0.15) is 0 Å². The van der Waals surface area contributed by atoms with Crippen molar-refractivity contribution in [1.29, 1.82) is 0 Å². The lowest BCUT2D eigenvalue weighted by molar-refractivity contribution is -0.131. The molecule has 0 bridgehead atoms. The summed E-state index contributed by atoms with van der Waals surface area (Å²) < 4.78 is 5.52. The summed E-state index contributed by atoms with van der Waals surface area (Å²) in [5.41, 5.74) is 3.54. The largest absolute Gasteiger partial charge is 0.496 e. The summed E-state index contributed by atoms with van der Waals surface area (Å²) in [5, 5.41) is 0. The third kappa shape index (κ3) is 4.00. The molecule has 6 heteroatoms. The number of aromatic nitrogens is 2. The molecule has 1 atom stereocenters. The lowest BCUT2D eigenvalue weighted by atomic mass is 10.0. The highest BCUT2D eigenvalue weighted by molar-refractivity contribution is 5.76. The number of likely N-dealkylation sites (tertiary alicyclic amines) is 1. The molecule has 0 N–H and O–H groups in total. The van der Waals surface area contributed by atoms with Gasteiger partial charge in [-0.1, -0.05) is 25.1 Å². The molecule has 1 aromatic carbocycles. The first kappa shape index (κ1) is 20.6. The maximum Gasteiger partial charge on any atom is 0.222 e. The highest BCUT2D eigenvalue weighted by atomic mass is 16.5. The molecule has 2 aliphatic heterocycles. The van der Waals surface area contributed by atoms with Crippen LogP contribution in [0.15, 0.2) is 24.3 Å². The van der Waals surface area contributed by atoms with Crippen LogP contribution < -0.4 is 9.64 Å². The topological polar surface area (TPSA) is 58.6 Å². The van der Waals surface area contributed by atoms with Gasteiger partial charge >= 0.3 is 0 Å². The fourth-order valence-electron chi connectivity index (χ4n) is 4.78. The van der Waals surface area contributed by atoms with Crippen LogP contribution >= 0.6 is 0 Å². The van der Waals surface area contributed by atoms with Gasteiger partial charge in [0.25, 0.3) is 0 Å². The third-order valence-electron chi connectivity index (χ3n) is 6.38. The molecule has 0 aliphatic carbocycles. The molecule has 0 radical (unpaired) electrons. The standard InChI is InChI=1S/C24H32N4O2/c1-4-22(29)28-15-8-11-20(28)23-25-17(2)19-10-7-14-27(24(19)26-23)16-13-18-9-5-6-12-21(18)30-3/h5-6,9,12,20H,4,7-8,10-11,13-16H2,1-3H3. The van der Waals surface area contributed by atoms with Crippen LogP contribution in [-0.4, -0.2) is 47.5 Å². The number of methoxy groups -OCH3 is 1. The number of carbonyl (C=O) groups excluding carboxylic acids is 1. The van der Waals surface area contributed by atoms with Crippen molar-refractivity contribution in [1.82, 2.24) is 14.9 Å². The quantitative estimate of drug-likeness (QED) is 0.726. The van der Waals surface area contributed by atoms with Gasteiger partial charge in [0.2, 0.25) is 5.91 Å². The van der Waals surface area contributed by atoms with Gasteiger partial charge in [0.1, 0.15) is 11.6 Å². The van der Waals surface area contributed by atoms with Crippen LogP contribution in [0.25, 0.3) is 0 Å². The monoisotopic (exact) mass is 408 g/mol. The number of amides is 1. The highest BCUT2D eigenvalue weighted by Gasteiger charge is 2.33. The van der Waals surface area contributed by atoms with Crippen molar-refractivity contribution in [2.45, 2.75) is 58.4 Å². The summed E-state index contributed by atoms with van der Waals surface area (Å²) in [4.78, 5) is 26.7. The Bertz CT molecular complexity index is 914. The van der Waals surface area contributed by atoms with Gasteiger partial charge in [-0.15, -0.1) is 0 Å². The molecule has 1 unspecified atom stereocenters. The molecular weight excluding hydrogens is 376 g/mol. The Labute approximate surface area is 179 Å². The van der Waals surface area contributed by atoms with Crippen molar-refractivity contribution >= 4 is 11.7 Å². The van der Waals surface area contributed by atoms with Crippen molar-refractivity contribution in [3.05, 3.63) is 46.9 Å². The number of carbonyl (C=O) groups is 1. The molecule has 1 saturated heterocycles. The Kier molecular flexibility index (Phi) is 6.21. The van der Waals surface area contributed by atoms with E-state index in [9.17, 15) is 4.79 Å². The molecule has 2 aliphatic rings. The minimum Gasteiger partial charge on any atom is -0.496 e. The Morgan fingerprint density at radius 2 is 2.03 bits per heavy atom. The zero-order chi connectivity index (χ0) is 21.1. The van der Waals surface area contributed by atoms with E-state index in [2.05, 4.69) is 24.0 Å². The first-order chi connectivity index (χ1) is 14.6. The van der Waals surface area contributed by atoms with Crippen LogP contribution in [0.3, 0.4) is 0 Å². The summed E-state index contributed by atoms with van der Waals surface area (Å²) in [6.07, 6.45) is 5.55. The molecule has 1 amide bonds. The number of fused-ring (bicyclic) bond motifs is 1. The van der Waals surface area contributed by atoms with Crippen LogP contribution in [0.2, 0.25) is 0 Å². The second-order valence-corrected chi connectivity index (χ2v) is 8.22. The summed E-state index contributed by atoms with van der Waals surface area (Å²) >= 11 is 0. The molecular formula is C24H32N4O2. The van der Waals surface area contributed by atoms with Gasteiger partial charge in [0.15, 0.2) is 5.82 Å². The number of aryl methyl sites for hydroxylation is 1. The van der Waals surface area contributed by atoms with E-state index < -0.39 is 0 Å². The van der Waals surface area contributed by atoms with Crippen molar-refractivity contribution in [3.8, 4) is 5.75 Å². The zero-order valence-corrected chi connectivity index (χ0v) is 18.4. The summed E-state index contributed by atoms with van der Waals surface area (Å²) in [6.45, 7) is 6.73. The minimum absolute atomic E-state index is 0.0134. The van der Waals surface area contributed by atoms with E-state index in [4.69, 9.17) is 14.7 Å². The number of para-hydroxylation sites is 1. The maximum atomic E-state index is 12.4. The maximum absolute atomic E-state index is 12.4. The van der Waals surface area contributed by atoms with Gasteiger partial charge in [0.05, 0.1) is 13.2 Å². The van der Waals surface area contributed by atoms with Crippen LogP contribution in [0.4, 0.5) is 5.82 Å². The van der Waals surface area contributed by atoms with Gasteiger partial charge < -0.3 is 14.5 Å². The second kappa shape index (κ2) is 9.02. The van der Waals surface area contributed by atoms with E-state index >= 15 is 0 Å². The number of anilines is 1. The van der Waals surface area contributed by atoms with Crippen LogP contribution in [0.1, 0.15) is 61.3 Å². The SMILES string of the molecule is CCC(=O)N1CCCC1c1nc(C)c2c(n1)N(CCc1ccccc1OC)CCC2. The smallest absolute Gasteiger partial charge is 0.222 e. The second-order valence-electron chi connectivity index (χ2n) is 8.22. The molecule has 4 rings (SSSR count). The van der Waals surface area contributed by atoms with Crippen molar-refractivity contribution in [2.24, 2.45) is 0 Å². The van der Waals surface area contributed by atoms with E-state index in [1.807, 2.05) is 24.0 Å². The molecule has 0 saturated carbocycles. The molecule has 1 fully saturated rings. The molecule has 160 valence electrons. The van der Waals surface area contributed by atoms with Gasteiger partial charge in [-0.25, -0.2) is 9.97 Å². The lowest BCUT2D eigenvalue weighted by Gasteiger charge is -2.32. The summed E-state index contributed by atoms with van der Waals surface area (Å²) in [5.74, 6) is 3.02. The highest BCUT2D eigenvalue weighted by Crippen LogP contribution is 2.34. The first-order valence-electron chi connectivity index (χ1n) is 11.2. The van der Waals surface area contributed by atoms with Gasteiger partial charge in [-0.05, 0) is 50.7 Å². The predicted octanol–water partition coefficient (Wildman–Crippen LogP) is 3.86. The Morgan fingerprint density at radius 1 is 1.20 bits per heavy atom. The summed E-state index contributed by atoms with van der Waals surface area (Å²) in [7, 11) is 1.73. The van der Waals surface area contributed by atoms with Crippen LogP contribution in [-0.2, 0) is 17.6 Å². The van der Waals surface area contributed by atoms with Crippen LogP contribution in [0.5, 0.6) is 5.75 Å². The molecule has 1 aromatic heterocycles. The Hall–Kier alpha value is -2.63. The fraction of sp³-hybridized carbons (Fsp3) is 0.542. The van der Waals surface area contributed by atoms with Crippen LogP contribution in [0, 0.1) is 6.92 Å². The van der Waals surface area contributed by atoms with E-state index in [0.717, 1.165) is 74.8 Å². The van der Waals surface area contributed by atoms with E-state index in [1.165, 1.54) is 11.1 Å². The normalized spacial score (nSPS) is 18.4. The lowest BCUT2D eigenvalue weighted by Crippen LogP contribution is -2.35. The number of hydrogen-bond acceptors (Lipinski definition) is 5. The van der Waals surface area contributed by atoms with E-state index in [1.54, 1.807) is 7.11 Å². The number of nitrogens with zero attached hydrogens (tertiary/aromatic N) is 4. The minimum atomic E-state index is 0.0134. The van der Waals surface area contributed by atoms with Gasteiger partial charge in [0, 0.05) is 37.3 Å². The van der Waals surface area contributed by atoms with Gasteiger partial charge in [-0.3, -0.25) is 4.79 Å². The van der Waals surface area contributed by atoms with E-state index in [-0.39, 0.29) is 11.9 Å². The predicted molar refractivity (Wildman–Crippen MR) is 118 cm³/mol.